The van der Waals surface area contributed by atoms with E-state index in [-0.39, 0.29) is 0 Å². The molecule has 0 radical (unpaired) electrons. The van der Waals surface area contributed by atoms with E-state index in [1.165, 1.54) is 39.5 Å². The molecule has 106 valence electrons. The Labute approximate surface area is 124 Å². The Hall–Kier alpha value is -1.26. The van der Waals surface area contributed by atoms with Crippen LogP contribution in [-0.4, -0.2) is 16.5 Å². The topological polar surface area (TPSA) is 37.8 Å². The number of hydrogen-bond acceptors (Lipinski definition) is 4. The number of rotatable bonds is 4. The van der Waals surface area contributed by atoms with Gasteiger partial charge in [-0.05, 0) is 43.9 Å². The minimum atomic E-state index is 0.502. The zero-order valence-electron chi connectivity index (χ0n) is 12.1. The highest BCUT2D eigenvalue weighted by atomic mass is 32.1. The Morgan fingerprint density at radius 1 is 1.40 bits per heavy atom. The van der Waals surface area contributed by atoms with Crippen LogP contribution >= 0.6 is 11.3 Å². The van der Waals surface area contributed by atoms with Gasteiger partial charge in [-0.15, -0.1) is 11.3 Å². The van der Waals surface area contributed by atoms with Crippen LogP contribution in [0.25, 0.3) is 10.6 Å². The summed E-state index contributed by atoms with van der Waals surface area (Å²) in [4.78, 5) is 10.6. The number of hydrogen-bond donors (Lipinski definition) is 1. The molecule has 3 nitrogen and oxygen atoms in total. The normalized spacial score (nSPS) is 18.0. The van der Waals surface area contributed by atoms with Crippen LogP contribution in [0.15, 0.2) is 18.5 Å². The van der Waals surface area contributed by atoms with Gasteiger partial charge in [0.1, 0.15) is 5.01 Å². The van der Waals surface area contributed by atoms with Gasteiger partial charge in [0, 0.05) is 28.9 Å². The van der Waals surface area contributed by atoms with Gasteiger partial charge in [0.25, 0.3) is 0 Å². The molecule has 1 aliphatic rings. The first kappa shape index (κ1) is 13.7. The van der Waals surface area contributed by atoms with Gasteiger partial charge in [-0.2, -0.15) is 0 Å². The number of nitrogens with zero attached hydrogens (tertiary/aromatic N) is 2. The van der Waals surface area contributed by atoms with E-state index in [4.69, 9.17) is 4.98 Å². The third kappa shape index (κ3) is 2.50. The van der Waals surface area contributed by atoms with Crippen molar-refractivity contribution >= 4 is 11.3 Å². The van der Waals surface area contributed by atoms with E-state index >= 15 is 0 Å². The van der Waals surface area contributed by atoms with Crippen molar-refractivity contribution in [3.8, 4) is 10.6 Å². The Morgan fingerprint density at radius 2 is 2.30 bits per heavy atom. The average Bonchev–Trinajstić information content (AvgIpc) is 2.92. The monoisotopic (exact) mass is 287 g/mol. The molecule has 0 aromatic carbocycles. The highest BCUT2D eigenvalue weighted by molar-refractivity contribution is 7.15. The number of aromatic nitrogens is 2. The van der Waals surface area contributed by atoms with Crippen molar-refractivity contribution in [2.75, 3.05) is 6.54 Å². The standard InChI is InChI=1S/C16H21N3S/c1-3-11-10-17-9-8-12(11)16-19-14-7-5-6-13(18-4-2)15(14)20-16/h8-10,13,18H,3-7H2,1-2H3. The molecule has 0 amide bonds. The average molecular weight is 287 g/mol. The Bertz CT molecular complexity index is 591. The highest BCUT2D eigenvalue weighted by Gasteiger charge is 2.24. The lowest BCUT2D eigenvalue weighted by molar-refractivity contribution is 0.476. The van der Waals surface area contributed by atoms with Crippen LogP contribution in [0.5, 0.6) is 0 Å². The number of fused-ring (bicyclic) bond motifs is 1. The van der Waals surface area contributed by atoms with Gasteiger partial charge >= 0.3 is 0 Å². The second-order valence-corrected chi connectivity index (χ2v) is 6.25. The number of aryl methyl sites for hydroxylation is 2. The number of nitrogens with one attached hydrogen (secondary N) is 1. The molecule has 1 atom stereocenters. The molecule has 0 fully saturated rings. The van der Waals surface area contributed by atoms with Gasteiger partial charge in [-0.25, -0.2) is 4.98 Å². The first-order chi connectivity index (χ1) is 9.83. The molecule has 3 rings (SSSR count). The van der Waals surface area contributed by atoms with Gasteiger partial charge in [0.15, 0.2) is 0 Å². The molecule has 0 bridgehead atoms. The Morgan fingerprint density at radius 3 is 3.10 bits per heavy atom. The summed E-state index contributed by atoms with van der Waals surface area (Å²) < 4.78 is 0. The summed E-state index contributed by atoms with van der Waals surface area (Å²) in [6.45, 7) is 5.37. The molecule has 0 aliphatic heterocycles. The fourth-order valence-corrected chi connectivity index (χ4v) is 4.18. The fraction of sp³-hybridized carbons (Fsp3) is 0.500. The minimum absolute atomic E-state index is 0.502. The van der Waals surface area contributed by atoms with Gasteiger partial charge in [0.05, 0.1) is 5.69 Å². The number of pyridine rings is 1. The van der Waals surface area contributed by atoms with Gasteiger partial charge in [0.2, 0.25) is 0 Å². The van der Waals surface area contributed by atoms with E-state index in [1.807, 2.05) is 23.7 Å². The second-order valence-electron chi connectivity index (χ2n) is 5.22. The smallest absolute Gasteiger partial charge is 0.124 e. The zero-order valence-corrected chi connectivity index (χ0v) is 13.0. The number of thiazole rings is 1. The largest absolute Gasteiger partial charge is 0.309 e. The van der Waals surface area contributed by atoms with Crippen molar-refractivity contribution in [2.24, 2.45) is 0 Å². The molecule has 1 aliphatic carbocycles. The lowest BCUT2D eigenvalue weighted by Crippen LogP contribution is -2.23. The zero-order chi connectivity index (χ0) is 13.9. The van der Waals surface area contributed by atoms with Crippen LogP contribution in [0.3, 0.4) is 0 Å². The van der Waals surface area contributed by atoms with E-state index < -0.39 is 0 Å². The third-order valence-electron chi connectivity index (χ3n) is 3.92. The van der Waals surface area contributed by atoms with E-state index in [9.17, 15) is 0 Å². The second kappa shape index (κ2) is 6.02. The Balaban J connectivity index is 2.00. The maximum absolute atomic E-state index is 4.91. The van der Waals surface area contributed by atoms with Crippen LogP contribution in [0.1, 0.15) is 48.9 Å². The molecule has 2 aromatic rings. The fourth-order valence-electron chi connectivity index (χ4n) is 2.89. The molecule has 1 N–H and O–H groups in total. The summed E-state index contributed by atoms with van der Waals surface area (Å²) >= 11 is 1.86. The SMILES string of the molecule is CCNC1CCCc2nc(-c3ccncc3CC)sc21. The summed E-state index contributed by atoms with van der Waals surface area (Å²) in [6, 6.07) is 2.60. The summed E-state index contributed by atoms with van der Waals surface area (Å²) in [7, 11) is 0. The van der Waals surface area contributed by atoms with Crippen molar-refractivity contribution in [2.45, 2.75) is 45.6 Å². The summed E-state index contributed by atoms with van der Waals surface area (Å²) in [5, 5.41) is 4.76. The quantitative estimate of drug-likeness (QED) is 0.930. The predicted molar refractivity (Wildman–Crippen MR) is 84.1 cm³/mol. The van der Waals surface area contributed by atoms with Crippen LogP contribution < -0.4 is 5.32 Å². The van der Waals surface area contributed by atoms with E-state index in [1.54, 1.807) is 0 Å². The van der Waals surface area contributed by atoms with Crippen molar-refractivity contribution in [3.05, 3.63) is 34.6 Å². The third-order valence-corrected chi connectivity index (χ3v) is 5.16. The maximum atomic E-state index is 4.91. The minimum Gasteiger partial charge on any atom is -0.309 e. The van der Waals surface area contributed by atoms with Crippen molar-refractivity contribution in [3.63, 3.8) is 0 Å². The molecule has 4 heteroatoms. The molecule has 2 heterocycles. The maximum Gasteiger partial charge on any atom is 0.124 e. The van der Waals surface area contributed by atoms with Crippen LogP contribution in [-0.2, 0) is 12.8 Å². The molecule has 0 spiro atoms. The van der Waals surface area contributed by atoms with Crippen molar-refractivity contribution < 1.29 is 0 Å². The van der Waals surface area contributed by atoms with Crippen LogP contribution in [0.4, 0.5) is 0 Å². The molecular formula is C16H21N3S. The molecule has 0 saturated heterocycles. The molecule has 2 aromatic heterocycles. The first-order valence-electron chi connectivity index (χ1n) is 7.49. The predicted octanol–water partition coefficient (Wildman–Crippen LogP) is 3.75. The summed E-state index contributed by atoms with van der Waals surface area (Å²) in [5.74, 6) is 0. The summed E-state index contributed by atoms with van der Waals surface area (Å²) in [6.07, 6.45) is 8.45. The van der Waals surface area contributed by atoms with Crippen LogP contribution in [0.2, 0.25) is 0 Å². The van der Waals surface area contributed by atoms with E-state index in [0.29, 0.717) is 6.04 Å². The molecular weight excluding hydrogens is 266 g/mol. The molecule has 20 heavy (non-hydrogen) atoms. The van der Waals surface area contributed by atoms with Gasteiger partial charge in [-0.3, -0.25) is 4.98 Å². The van der Waals surface area contributed by atoms with E-state index in [0.717, 1.165) is 19.4 Å². The first-order valence-corrected chi connectivity index (χ1v) is 8.31. The van der Waals surface area contributed by atoms with Gasteiger partial charge < -0.3 is 5.32 Å². The van der Waals surface area contributed by atoms with Gasteiger partial charge in [-0.1, -0.05) is 13.8 Å². The Kier molecular flexibility index (Phi) is 4.13. The lowest BCUT2D eigenvalue weighted by atomic mass is 9.98. The lowest BCUT2D eigenvalue weighted by Gasteiger charge is -2.21. The van der Waals surface area contributed by atoms with Crippen molar-refractivity contribution in [1.29, 1.82) is 0 Å². The summed E-state index contributed by atoms with van der Waals surface area (Å²) in [5.41, 5.74) is 3.86. The van der Waals surface area contributed by atoms with Crippen LogP contribution in [0, 0.1) is 0 Å². The van der Waals surface area contributed by atoms with Crippen molar-refractivity contribution in [1.82, 2.24) is 15.3 Å². The highest BCUT2D eigenvalue weighted by Crippen LogP contribution is 2.38. The molecule has 1 unspecified atom stereocenters. The van der Waals surface area contributed by atoms with E-state index in [2.05, 4.69) is 30.2 Å². The molecule has 0 saturated carbocycles.